The molecule has 0 saturated carbocycles. The molecule has 0 radical (unpaired) electrons. The molecule has 6 heteroatoms. The fraction of sp³-hybridized carbons (Fsp3) is 0.304. The van der Waals surface area contributed by atoms with Gasteiger partial charge < -0.3 is 18.9 Å². The fourth-order valence-electron chi connectivity index (χ4n) is 3.99. The van der Waals surface area contributed by atoms with E-state index in [1.165, 1.54) is 0 Å². The smallest absolute Gasteiger partial charge is 0.307 e. The second-order valence-corrected chi connectivity index (χ2v) is 7.16. The van der Waals surface area contributed by atoms with Crippen LogP contribution in [0.15, 0.2) is 54.6 Å². The first-order valence-electron chi connectivity index (χ1n) is 9.78. The molecule has 1 amide bonds. The number of carbonyl (C=O) groups is 2. The number of aromatic nitrogens is 1. The number of esters is 1. The van der Waals surface area contributed by atoms with E-state index in [4.69, 9.17) is 9.47 Å². The molecular formula is C23H24N2O4. The first kappa shape index (κ1) is 19.1. The maximum absolute atomic E-state index is 13.3. The zero-order chi connectivity index (χ0) is 20.4. The number of hydrogen-bond acceptors (Lipinski definition) is 4. The van der Waals surface area contributed by atoms with Gasteiger partial charge in [-0.05, 0) is 36.8 Å². The molecule has 1 aromatic heterocycles. The number of ether oxygens (including phenoxy) is 2. The van der Waals surface area contributed by atoms with Crippen molar-refractivity contribution in [3.05, 3.63) is 65.9 Å². The molecule has 1 aliphatic rings. The Hall–Kier alpha value is -3.28. The lowest BCUT2D eigenvalue weighted by Crippen LogP contribution is -2.43. The number of fused-ring (bicyclic) bond motifs is 3. The molecule has 0 aliphatic carbocycles. The van der Waals surface area contributed by atoms with Crippen LogP contribution in [0.3, 0.4) is 0 Å². The lowest BCUT2D eigenvalue weighted by Gasteiger charge is -2.35. The van der Waals surface area contributed by atoms with Crippen molar-refractivity contribution in [1.82, 2.24) is 9.47 Å². The van der Waals surface area contributed by atoms with E-state index in [1.807, 2.05) is 64.1 Å². The third-order valence-electron chi connectivity index (χ3n) is 5.27. The van der Waals surface area contributed by atoms with Gasteiger partial charge in [0.1, 0.15) is 11.4 Å². The van der Waals surface area contributed by atoms with Crippen LogP contribution in [-0.4, -0.2) is 41.6 Å². The summed E-state index contributed by atoms with van der Waals surface area (Å²) in [5.41, 5.74) is 2.56. The highest BCUT2D eigenvalue weighted by Crippen LogP contribution is 2.34. The van der Waals surface area contributed by atoms with Gasteiger partial charge in [0.2, 0.25) is 0 Å². The van der Waals surface area contributed by atoms with E-state index in [2.05, 4.69) is 0 Å². The zero-order valence-corrected chi connectivity index (χ0v) is 16.6. The van der Waals surface area contributed by atoms with Crippen LogP contribution in [0.2, 0.25) is 0 Å². The fourth-order valence-corrected chi connectivity index (χ4v) is 3.99. The van der Waals surface area contributed by atoms with Gasteiger partial charge in [0.15, 0.2) is 0 Å². The molecule has 0 saturated heterocycles. The summed E-state index contributed by atoms with van der Waals surface area (Å²) in [5, 5.41) is 0.920. The average molecular weight is 392 g/mol. The lowest BCUT2D eigenvalue weighted by molar-refractivity contribution is -0.144. The molecule has 2 heterocycles. The van der Waals surface area contributed by atoms with Gasteiger partial charge in [-0.15, -0.1) is 0 Å². The summed E-state index contributed by atoms with van der Waals surface area (Å²) >= 11 is 0. The first-order chi connectivity index (χ1) is 14.1. The molecule has 3 aromatic rings. The Morgan fingerprint density at radius 1 is 1.14 bits per heavy atom. The molecule has 0 fully saturated rings. The highest BCUT2D eigenvalue weighted by Gasteiger charge is 2.34. The van der Waals surface area contributed by atoms with Gasteiger partial charge in [-0.1, -0.05) is 30.3 Å². The lowest BCUT2D eigenvalue weighted by atomic mass is 10.1. The highest BCUT2D eigenvalue weighted by molar-refractivity contribution is 6.00. The van der Waals surface area contributed by atoms with Crippen LogP contribution in [0.4, 0.5) is 0 Å². The number of rotatable bonds is 6. The Morgan fingerprint density at radius 2 is 1.93 bits per heavy atom. The molecule has 4 rings (SSSR count). The van der Waals surface area contributed by atoms with Gasteiger partial charge >= 0.3 is 5.97 Å². The highest BCUT2D eigenvalue weighted by atomic mass is 16.5. The van der Waals surface area contributed by atoms with Crippen LogP contribution >= 0.6 is 0 Å². The third kappa shape index (κ3) is 3.70. The summed E-state index contributed by atoms with van der Waals surface area (Å²) in [4.78, 5) is 27.3. The van der Waals surface area contributed by atoms with Crippen molar-refractivity contribution >= 4 is 22.8 Å². The molecule has 0 unspecified atom stereocenters. The van der Waals surface area contributed by atoms with Crippen LogP contribution in [-0.2, 0) is 16.1 Å². The molecule has 0 bridgehead atoms. The van der Waals surface area contributed by atoms with Crippen molar-refractivity contribution < 1.29 is 19.1 Å². The molecule has 0 spiro atoms. The third-order valence-corrected chi connectivity index (χ3v) is 5.27. The van der Waals surface area contributed by atoms with Gasteiger partial charge in [0, 0.05) is 24.0 Å². The molecule has 29 heavy (non-hydrogen) atoms. The molecular weight excluding hydrogens is 368 g/mol. The minimum Gasteiger partial charge on any atom is -0.497 e. The second-order valence-electron chi connectivity index (χ2n) is 7.16. The molecule has 150 valence electrons. The molecule has 1 aliphatic heterocycles. The summed E-state index contributed by atoms with van der Waals surface area (Å²) in [5.74, 6) is 0.438. The van der Waals surface area contributed by atoms with E-state index in [1.54, 1.807) is 14.0 Å². The minimum absolute atomic E-state index is 0.0378. The van der Waals surface area contributed by atoms with Crippen molar-refractivity contribution in [3.63, 3.8) is 0 Å². The quantitative estimate of drug-likeness (QED) is 0.599. The summed E-state index contributed by atoms with van der Waals surface area (Å²) in [6.07, 6.45) is 0.217. The van der Waals surface area contributed by atoms with Crippen molar-refractivity contribution in [1.29, 1.82) is 0 Å². The van der Waals surface area contributed by atoms with Gasteiger partial charge in [-0.3, -0.25) is 9.59 Å². The summed E-state index contributed by atoms with van der Waals surface area (Å²) in [7, 11) is 1.62. The average Bonchev–Trinajstić information content (AvgIpc) is 3.11. The number of methoxy groups -OCH3 is 1. The predicted octanol–water partition coefficient (Wildman–Crippen LogP) is 3.80. The molecule has 1 atom stereocenters. The van der Waals surface area contributed by atoms with Crippen LogP contribution in [0.25, 0.3) is 10.9 Å². The van der Waals surface area contributed by atoms with E-state index in [-0.39, 0.29) is 24.3 Å². The van der Waals surface area contributed by atoms with Gasteiger partial charge in [-0.25, -0.2) is 0 Å². The minimum atomic E-state index is -0.257. The Morgan fingerprint density at radius 3 is 2.66 bits per heavy atom. The topological polar surface area (TPSA) is 60.8 Å². The number of hydrogen-bond donors (Lipinski definition) is 0. The van der Waals surface area contributed by atoms with E-state index in [0.717, 1.165) is 22.2 Å². The maximum atomic E-state index is 13.3. The van der Waals surface area contributed by atoms with E-state index < -0.39 is 0 Å². The van der Waals surface area contributed by atoms with Crippen molar-refractivity contribution in [2.75, 3.05) is 20.3 Å². The standard InChI is InChI=1S/C23H24N2O4/c1-3-29-22(26)13-18-15-24(14-16-7-5-4-6-8-16)23(27)21-12-17-11-19(28-2)9-10-20(17)25(18)21/h4-12,18H,3,13-15H2,1-2H3/t18-/m0/s1. The molecule has 2 aromatic carbocycles. The predicted molar refractivity (Wildman–Crippen MR) is 110 cm³/mol. The number of amides is 1. The molecule has 0 N–H and O–H groups in total. The maximum Gasteiger partial charge on any atom is 0.307 e. The normalized spacial score (nSPS) is 16.0. The first-order valence-corrected chi connectivity index (χ1v) is 9.78. The van der Waals surface area contributed by atoms with E-state index in [0.29, 0.717) is 25.4 Å². The van der Waals surface area contributed by atoms with Gasteiger partial charge in [0.25, 0.3) is 5.91 Å². The second kappa shape index (κ2) is 7.99. The van der Waals surface area contributed by atoms with Crippen LogP contribution < -0.4 is 4.74 Å². The summed E-state index contributed by atoms with van der Waals surface area (Å²) in [6.45, 7) is 3.10. The summed E-state index contributed by atoms with van der Waals surface area (Å²) < 4.78 is 12.5. The van der Waals surface area contributed by atoms with Crippen molar-refractivity contribution in [3.8, 4) is 5.75 Å². The zero-order valence-electron chi connectivity index (χ0n) is 16.6. The van der Waals surface area contributed by atoms with Crippen LogP contribution in [0.5, 0.6) is 5.75 Å². The Bertz CT molecular complexity index is 1040. The summed E-state index contributed by atoms with van der Waals surface area (Å²) in [6, 6.07) is 17.3. The van der Waals surface area contributed by atoms with Crippen LogP contribution in [0.1, 0.15) is 35.4 Å². The van der Waals surface area contributed by atoms with Crippen LogP contribution in [0, 0.1) is 0 Å². The number of benzene rings is 2. The Kier molecular flexibility index (Phi) is 5.25. The Balaban J connectivity index is 1.75. The monoisotopic (exact) mass is 392 g/mol. The van der Waals surface area contributed by atoms with Crippen molar-refractivity contribution in [2.24, 2.45) is 0 Å². The van der Waals surface area contributed by atoms with E-state index in [9.17, 15) is 9.59 Å². The number of nitrogens with zero attached hydrogens (tertiary/aromatic N) is 2. The van der Waals surface area contributed by atoms with Gasteiger partial charge in [0.05, 0.1) is 26.2 Å². The number of carbonyl (C=O) groups excluding carboxylic acids is 2. The SMILES string of the molecule is CCOC(=O)C[C@H]1CN(Cc2ccccc2)C(=O)c2cc3cc(OC)ccc3n21. The Labute approximate surface area is 169 Å². The van der Waals surface area contributed by atoms with E-state index >= 15 is 0 Å². The van der Waals surface area contributed by atoms with Crippen molar-refractivity contribution in [2.45, 2.75) is 25.9 Å². The largest absolute Gasteiger partial charge is 0.497 e. The molecule has 6 nitrogen and oxygen atoms in total. The van der Waals surface area contributed by atoms with Gasteiger partial charge in [-0.2, -0.15) is 0 Å².